The maximum atomic E-state index is 12.0. The molecule has 0 aromatic rings. The van der Waals surface area contributed by atoms with Gasteiger partial charge in [-0.3, -0.25) is 4.79 Å². The first-order valence-electron chi connectivity index (χ1n) is 7.85. The van der Waals surface area contributed by atoms with Crippen molar-refractivity contribution in [2.45, 2.75) is 32.8 Å². The Morgan fingerprint density at radius 1 is 1.32 bits per heavy atom. The Bertz CT molecular complexity index is 431. The van der Waals surface area contributed by atoms with Gasteiger partial charge in [-0.1, -0.05) is 0 Å². The van der Waals surface area contributed by atoms with Gasteiger partial charge in [-0.05, 0) is 46.2 Å². The van der Waals surface area contributed by atoms with E-state index in [9.17, 15) is 13.2 Å². The van der Waals surface area contributed by atoms with E-state index in [-0.39, 0.29) is 30.9 Å². The summed E-state index contributed by atoms with van der Waals surface area (Å²) in [5.41, 5.74) is 0. The molecule has 1 fully saturated rings. The fourth-order valence-electron chi connectivity index (χ4n) is 2.42. The maximum absolute atomic E-state index is 12.0. The summed E-state index contributed by atoms with van der Waals surface area (Å²) in [6.45, 7) is 6.02. The Hall–Kier alpha value is -0.700. The Morgan fingerprint density at radius 3 is 2.50 bits per heavy atom. The molecule has 1 rings (SSSR count). The molecule has 0 spiro atoms. The van der Waals surface area contributed by atoms with E-state index < -0.39 is 10.0 Å². The summed E-state index contributed by atoms with van der Waals surface area (Å²) in [7, 11) is -1.54. The maximum Gasteiger partial charge on any atom is 0.237 e. The zero-order valence-corrected chi connectivity index (χ0v) is 14.6. The van der Waals surface area contributed by atoms with E-state index in [1.807, 2.05) is 20.9 Å². The zero-order valence-electron chi connectivity index (χ0n) is 13.8. The van der Waals surface area contributed by atoms with Crippen molar-refractivity contribution in [2.75, 3.05) is 45.6 Å². The molecule has 1 aliphatic rings. The Morgan fingerprint density at radius 2 is 1.95 bits per heavy atom. The molecule has 8 heteroatoms. The molecule has 0 aliphatic carbocycles. The molecule has 1 heterocycles. The molecule has 0 aromatic heterocycles. The minimum Gasteiger partial charge on any atom is -0.378 e. The highest BCUT2D eigenvalue weighted by Crippen LogP contribution is 2.16. The van der Waals surface area contributed by atoms with Gasteiger partial charge in [0.05, 0.1) is 25.0 Å². The lowest BCUT2D eigenvalue weighted by Gasteiger charge is -2.32. The molecule has 1 amide bonds. The Labute approximate surface area is 133 Å². The third-order valence-electron chi connectivity index (χ3n) is 3.71. The molecule has 1 saturated heterocycles. The van der Waals surface area contributed by atoms with Crippen LogP contribution < -0.4 is 10.0 Å². The smallest absolute Gasteiger partial charge is 0.237 e. The van der Waals surface area contributed by atoms with E-state index in [1.165, 1.54) is 0 Å². The molecule has 130 valence electrons. The minimum atomic E-state index is -3.46. The standard InChI is InChI=1S/C14H29N3O4S/c1-12(2)21-8-9-22(19,20)16-11-14(18)17-6-4-13(5-7-17)10-15-3/h12-13,15-16H,4-11H2,1-3H3. The fourth-order valence-corrected chi connectivity index (χ4v) is 3.23. The van der Waals surface area contributed by atoms with Crippen LogP contribution in [0.2, 0.25) is 0 Å². The minimum absolute atomic E-state index is 0.00395. The second-order valence-corrected chi connectivity index (χ2v) is 7.87. The van der Waals surface area contributed by atoms with Gasteiger partial charge in [-0.25, -0.2) is 13.1 Å². The van der Waals surface area contributed by atoms with Crippen molar-refractivity contribution in [1.82, 2.24) is 14.9 Å². The van der Waals surface area contributed by atoms with Gasteiger partial charge in [0.25, 0.3) is 0 Å². The molecule has 0 saturated carbocycles. The Kier molecular flexibility index (Phi) is 8.30. The van der Waals surface area contributed by atoms with Crippen LogP contribution in [0.3, 0.4) is 0 Å². The number of hydrogen-bond acceptors (Lipinski definition) is 5. The van der Waals surface area contributed by atoms with Gasteiger partial charge < -0.3 is 15.0 Å². The van der Waals surface area contributed by atoms with Gasteiger partial charge in [0.15, 0.2) is 0 Å². The Balaban J connectivity index is 2.28. The third kappa shape index (κ3) is 7.53. The zero-order chi connectivity index (χ0) is 16.6. The molecule has 7 nitrogen and oxygen atoms in total. The second kappa shape index (κ2) is 9.44. The lowest BCUT2D eigenvalue weighted by Crippen LogP contribution is -2.45. The summed E-state index contributed by atoms with van der Waals surface area (Å²) in [4.78, 5) is 13.8. The monoisotopic (exact) mass is 335 g/mol. The summed E-state index contributed by atoms with van der Waals surface area (Å²) in [5, 5.41) is 3.15. The fraction of sp³-hybridized carbons (Fsp3) is 0.929. The molecule has 2 N–H and O–H groups in total. The van der Waals surface area contributed by atoms with E-state index in [0.717, 1.165) is 19.4 Å². The van der Waals surface area contributed by atoms with Crippen LogP contribution in [0.15, 0.2) is 0 Å². The highest BCUT2D eigenvalue weighted by Gasteiger charge is 2.23. The number of hydrogen-bond donors (Lipinski definition) is 2. The number of rotatable bonds is 9. The van der Waals surface area contributed by atoms with Crippen LogP contribution in [0.1, 0.15) is 26.7 Å². The van der Waals surface area contributed by atoms with Crippen molar-refractivity contribution in [2.24, 2.45) is 5.92 Å². The van der Waals surface area contributed by atoms with Crippen LogP contribution in [0, 0.1) is 5.92 Å². The molecule has 22 heavy (non-hydrogen) atoms. The SMILES string of the molecule is CNCC1CCN(C(=O)CNS(=O)(=O)CCOC(C)C)CC1. The number of nitrogens with zero attached hydrogens (tertiary/aromatic N) is 1. The van der Waals surface area contributed by atoms with Crippen molar-refractivity contribution in [3.05, 3.63) is 0 Å². The molecule has 0 aromatic carbocycles. The first-order chi connectivity index (χ1) is 10.3. The number of piperidine rings is 1. The van der Waals surface area contributed by atoms with Gasteiger partial charge in [-0.2, -0.15) is 0 Å². The first-order valence-corrected chi connectivity index (χ1v) is 9.50. The normalized spacial score (nSPS) is 17.2. The van der Waals surface area contributed by atoms with Gasteiger partial charge in [0.2, 0.25) is 15.9 Å². The van der Waals surface area contributed by atoms with E-state index in [0.29, 0.717) is 19.0 Å². The highest BCUT2D eigenvalue weighted by molar-refractivity contribution is 7.89. The largest absolute Gasteiger partial charge is 0.378 e. The number of amides is 1. The molecule has 1 aliphatic heterocycles. The molecule has 0 radical (unpaired) electrons. The quantitative estimate of drug-likeness (QED) is 0.609. The van der Waals surface area contributed by atoms with E-state index >= 15 is 0 Å². The van der Waals surface area contributed by atoms with Crippen molar-refractivity contribution < 1.29 is 17.9 Å². The highest BCUT2D eigenvalue weighted by atomic mass is 32.2. The lowest BCUT2D eigenvalue weighted by molar-refractivity contribution is -0.131. The van der Waals surface area contributed by atoms with E-state index in [2.05, 4.69) is 10.0 Å². The van der Waals surface area contributed by atoms with Gasteiger partial charge in [0, 0.05) is 13.1 Å². The predicted molar refractivity (Wildman–Crippen MR) is 86.1 cm³/mol. The van der Waals surface area contributed by atoms with Gasteiger partial charge >= 0.3 is 0 Å². The summed E-state index contributed by atoms with van der Waals surface area (Å²) < 4.78 is 31.1. The summed E-state index contributed by atoms with van der Waals surface area (Å²) in [6.07, 6.45) is 1.92. The lowest BCUT2D eigenvalue weighted by atomic mass is 9.97. The van der Waals surface area contributed by atoms with Crippen LogP contribution in [0.4, 0.5) is 0 Å². The molecular weight excluding hydrogens is 306 g/mol. The van der Waals surface area contributed by atoms with Crippen molar-refractivity contribution in [3.8, 4) is 0 Å². The van der Waals surface area contributed by atoms with Crippen LogP contribution >= 0.6 is 0 Å². The van der Waals surface area contributed by atoms with Crippen molar-refractivity contribution in [1.29, 1.82) is 0 Å². The average Bonchev–Trinajstić information content (AvgIpc) is 2.45. The van der Waals surface area contributed by atoms with Gasteiger partial charge in [0.1, 0.15) is 0 Å². The molecular formula is C14H29N3O4S. The number of carbonyl (C=O) groups excluding carboxylic acids is 1. The van der Waals surface area contributed by atoms with Crippen LogP contribution in [-0.2, 0) is 19.6 Å². The van der Waals surface area contributed by atoms with E-state index in [4.69, 9.17) is 4.74 Å². The molecule has 0 unspecified atom stereocenters. The number of likely N-dealkylation sites (tertiary alicyclic amines) is 1. The van der Waals surface area contributed by atoms with Crippen molar-refractivity contribution in [3.63, 3.8) is 0 Å². The summed E-state index contributed by atoms with van der Waals surface area (Å²) in [6, 6.07) is 0. The summed E-state index contributed by atoms with van der Waals surface area (Å²) in [5.74, 6) is 0.318. The number of sulfonamides is 1. The first kappa shape index (κ1) is 19.3. The predicted octanol–water partition coefficient (Wildman–Crippen LogP) is -0.211. The van der Waals surface area contributed by atoms with Crippen LogP contribution in [0.25, 0.3) is 0 Å². The van der Waals surface area contributed by atoms with Crippen LogP contribution in [0.5, 0.6) is 0 Å². The number of carbonyl (C=O) groups is 1. The number of nitrogens with one attached hydrogen (secondary N) is 2. The van der Waals surface area contributed by atoms with Crippen molar-refractivity contribution >= 4 is 15.9 Å². The van der Waals surface area contributed by atoms with Gasteiger partial charge in [-0.15, -0.1) is 0 Å². The molecule has 0 bridgehead atoms. The summed E-state index contributed by atoms with van der Waals surface area (Å²) >= 11 is 0. The number of ether oxygens (including phenoxy) is 1. The van der Waals surface area contributed by atoms with Crippen LogP contribution in [-0.4, -0.2) is 70.9 Å². The molecule has 0 atom stereocenters. The second-order valence-electron chi connectivity index (χ2n) is 5.94. The average molecular weight is 335 g/mol. The third-order valence-corrected chi connectivity index (χ3v) is 4.99. The van der Waals surface area contributed by atoms with E-state index in [1.54, 1.807) is 4.90 Å². The topological polar surface area (TPSA) is 87.7 Å².